The molecule has 41 heavy (non-hydrogen) atoms. The topological polar surface area (TPSA) is 75.4 Å². The van der Waals surface area contributed by atoms with E-state index in [-0.39, 0.29) is 23.0 Å². The number of fused-ring (bicyclic) bond motifs is 5. The molecule has 1 N–H and O–H groups in total. The first-order chi connectivity index (χ1) is 19.8. The van der Waals surface area contributed by atoms with Crippen molar-refractivity contribution in [1.82, 2.24) is 13.9 Å². The lowest BCUT2D eigenvalue weighted by Crippen LogP contribution is -2.54. The standard InChI is InChI=1S/C33H40FN3O3S/c1-36(41(39,40)20-22-6-3-2-4-7-22)15-13-25-24-11-10-23-12-14-33(17-24,18-27(23)25)31(38)16-29-32-26(8-5-9-28(32)34)30-19-35-21-37(29)30/h2-9,19,21,23-25,27,29,31,38H,10-18,20H2,1H3. The molecule has 6 nitrogen and oxygen atoms in total. The van der Waals surface area contributed by atoms with Gasteiger partial charge in [0.1, 0.15) is 5.82 Å². The molecule has 3 saturated carbocycles. The Balaban J connectivity index is 1.06. The van der Waals surface area contributed by atoms with Gasteiger partial charge in [0.15, 0.2) is 0 Å². The molecule has 0 spiro atoms. The van der Waals surface area contributed by atoms with Gasteiger partial charge in [0.25, 0.3) is 0 Å². The van der Waals surface area contributed by atoms with E-state index in [0.717, 1.165) is 55.3 Å². The number of hydrogen-bond acceptors (Lipinski definition) is 4. The van der Waals surface area contributed by atoms with Crippen molar-refractivity contribution in [2.24, 2.45) is 29.1 Å². The molecule has 0 amide bonds. The molecular formula is C33H40FN3O3S. The molecule has 0 radical (unpaired) electrons. The number of benzene rings is 2. The second-order valence-corrected chi connectivity index (χ2v) is 15.3. The average molecular weight is 578 g/mol. The summed E-state index contributed by atoms with van der Waals surface area (Å²) in [6.07, 6.45) is 10.9. The van der Waals surface area contributed by atoms with E-state index < -0.39 is 16.1 Å². The number of halogens is 1. The van der Waals surface area contributed by atoms with Crippen LogP contribution in [0.2, 0.25) is 0 Å². The van der Waals surface area contributed by atoms with Crippen LogP contribution >= 0.6 is 0 Å². The van der Waals surface area contributed by atoms with Crippen LogP contribution in [0.15, 0.2) is 61.1 Å². The Kier molecular flexibility index (Phi) is 6.87. The molecule has 2 aromatic carbocycles. The molecule has 0 saturated heterocycles. The van der Waals surface area contributed by atoms with Crippen LogP contribution in [0.5, 0.6) is 0 Å². The number of hydrogen-bond donors (Lipinski definition) is 1. The number of aliphatic hydroxyl groups is 1. The van der Waals surface area contributed by atoms with E-state index in [4.69, 9.17) is 0 Å². The maximum absolute atomic E-state index is 15.1. The lowest BCUT2D eigenvalue weighted by Gasteiger charge is -2.60. The Morgan fingerprint density at radius 2 is 1.90 bits per heavy atom. The van der Waals surface area contributed by atoms with Crippen LogP contribution in [0.25, 0.3) is 11.3 Å². The third kappa shape index (κ3) is 4.66. The van der Waals surface area contributed by atoms with Crippen LogP contribution in [0, 0.1) is 34.9 Å². The summed E-state index contributed by atoms with van der Waals surface area (Å²) in [5.74, 6) is 2.00. The van der Waals surface area contributed by atoms with E-state index >= 15 is 4.39 Å². The minimum atomic E-state index is -3.38. The van der Waals surface area contributed by atoms with E-state index in [9.17, 15) is 13.5 Å². The van der Waals surface area contributed by atoms with Gasteiger partial charge in [0.2, 0.25) is 10.0 Å². The van der Waals surface area contributed by atoms with E-state index in [2.05, 4.69) is 4.98 Å². The van der Waals surface area contributed by atoms with E-state index in [0.29, 0.717) is 42.2 Å². The van der Waals surface area contributed by atoms with Gasteiger partial charge in [0, 0.05) is 24.7 Å². The first-order valence-electron chi connectivity index (χ1n) is 15.2. The van der Waals surface area contributed by atoms with Crippen LogP contribution in [-0.2, 0) is 15.8 Å². The molecule has 218 valence electrons. The highest BCUT2D eigenvalue weighted by Gasteiger charge is 2.56. The maximum Gasteiger partial charge on any atom is 0.218 e. The molecule has 4 aliphatic rings. The molecule has 8 heteroatoms. The third-order valence-corrected chi connectivity index (χ3v) is 13.1. The zero-order chi connectivity index (χ0) is 28.4. The maximum atomic E-state index is 15.1. The van der Waals surface area contributed by atoms with Gasteiger partial charge in [-0.1, -0.05) is 42.5 Å². The van der Waals surface area contributed by atoms with Gasteiger partial charge in [-0.25, -0.2) is 22.1 Å². The van der Waals surface area contributed by atoms with Crippen molar-refractivity contribution >= 4 is 10.0 Å². The molecule has 3 fully saturated rings. The lowest BCUT2D eigenvalue weighted by molar-refractivity contribution is -0.137. The predicted molar refractivity (Wildman–Crippen MR) is 157 cm³/mol. The van der Waals surface area contributed by atoms with Gasteiger partial charge in [-0.05, 0) is 92.1 Å². The summed E-state index contributed by atoms with van der Waals surface area (Å²) in [7, 11) is -1.66. The Hall–Kier alpha value is -2.55. The number of aliphatic hydroxyl groups excluding tert-OH is 1. The summed E-state index contributed by atoms with van der Waals surface area (Å²) in [6.45, 7) is 0.538. The average Bonchev–Trinajstić information content (AvgIpc) is 3.54. The molecule has 3 bridgehead atoms. The molecule has 3 aromatic rings. The lowest BCUT2D eigenvalue weighted by atomic mass is 9.46. The minimum Gasteiger partial charge on any atom is -0.392 e. The molecule has 3 aliphatic carbocycles. The molecule has 2 heterocycles. The summed E-state index contributed by atoms with van der Waals surface area (Å²) >= 11 is 0. The highest BCUT2D eigenvalue weighted by atomic mass is 32.2. The van der Waals surface area contributed by atoms with Crippen molar-refractivity contribution in [3.63, 3.8) is 0 Å². The number of nitrogens with zero attached hydrogens (tertiary/aromatic N) is 3. The first kappa shape index (κ1) is 27.3. The van der Waals surface area contributed by atoms with Crippen molar-refractivity contribution in [2.75, 3.05) is 13.6 Å². The number of rotatable bonds is 9. The smallest absolute Gasteiger partial charge is 0.218 e. The first-order valence-corrected chi connectivity index (χ1v) is 16.8. The van der Waals surface area contributed by atoms with E-state index in [1.54, 1.807) is 29.9 Å². The number of sulfonamides is 1. The van der Waals surface area contributed by atoms with Crippen LogP contribution in [-0.4, -0.2) is 47.1 Å². The van der Waals surface area contributed by atoms with E-state index in [1.807, 2.05) is 41.0 Å². The quantitative estimate of drug-likeness (QED) is 0.337. The molecule has 7 atom stereocenters. The predicted octanol–water partition coefficient (Wildman–Crippen LogP) is 6.03. The highest BCUT2D eigenvalue weighted by Crippen LogP contribution is 2.63. The van der Waals surface area contributed by atoms with Crippen LogP contribution in [0.4, 0.5) is 4.39 Å². The van der Waals surface area contributed by atoms with Crippen LogP contribution < -0.4 is 0 Å². The molecule has 7 unspecified atom stereocenters. The van der Waals surface area contributed by atoms with Gasteiger partial charge in [0.05, 0.1) is 36.1 Å². The van der Waals surface area contributed by atoms with Crippen molar-refractivity contribution in [3.8, 4) is 11.3 Å². The Labute approximate surface area is 242 Å². The second-order valence-electron chi connectivity index (χ2n) is 13.2. The minimum absolute atomic E-state index is 0.0311. The fourth-order valence-corrected chi connectivity index (χ4v) is 10.4. The van der Waals surface area contributed by atoms with Gasteiger partial charge in [-0.2, -0.15) is 0 Å². The molecule has 7 rings (SSSR count). The molecule has 1 aromatic heterocycles. The summed E-state index contributed by atoms with van der Waals surface area (Å²) in [4.78, 5) is 4.33. The largest absolute Gasteiger partial charge is 0.392 e. The highest BCUT2D eigenvalue weighted by molar-refractivity contribution is 7.88. The number of imidazole rings is 1. The van der Waals surface area contributed by atoms with Crippen LogP contribution in [0.3, 0.4) is 0 Å². The van der Waals surface area contributed by atoms with Gasteiger partial charge in [-0.15, -0.1) is 0 Å². The zero-order valence-electron chi connectivity index (χ0n) is 23.7. The Morgan fingerprint density at radius 3 is 2.73 bits per heavy atom. The zero-order valence-corrected chi connectivity index (χ0v) is 24.5. The van der Waals surface area contributed by atoms with Crippen LogP contribution in [0.1, 0.15) is 68.5 Å². The summed E-state index contributed by atoms with van der Waals surface area (Å²) < 4.78 is 44.9. The van der Waals surface area contributed by atoms with Crippen molar-refractivity contribution in [3.05, 3.63) is 78.0 Å². The molecular weight excluding hydrogens is 537 g/mol. The van der Waals surface area contributed by atoms with Gasteiger partial charge in [-0.3, -0.25) is 0 Å². The monoisotopic (exact) mass is 577 g/mol. The molecule has 1 aliphatic heterocycles. The second kappa shape index (κ2) is 10.3. The van der Waals surface area contributed by atoms with Gasteiger partial charge < -0.3 is 9.67 Å². The fraction of sp³-hybridized carbons (Fsp3) is 0.545. The Morgan fingerprint density at radius 1 is 1.10 bits per heavy atom. The SMILES string of the molecule is CN(CCC1C2CCC3CCC(C(O)CC4c5c(F)cccc5-c5cncn54)(C2)CC31)S(=O)(=O)Cc1ccccc1. The number of aromatic nitrogens is 2. The summed E-state index contributed by atoms with van der Waals surface area (Å²) in [5.41, 5.74) is 3.15. The van der Waals surface area contributed by atoms with E-state index in [1.165, 1.54) is 12.5 Å². The Bertz CT molecular complexity index is 1520. The van der Waals surface area contributed by atoms with Crippen molar-refractivity contribution in [1.29, 1.82) is 0 Å². The van der Waals surface area contributed by atoms with Crippen molar-refractivity contribution < 1.29 is 17.9 Å². The van der Waals surface area contributed by atoms with Gasteiger partial charge >= 0.3 is 0 Å². The summed E-state index contributed by atoms with van der Waals surface area (Å²) in [5, 5.41) is 12.0. The third-order valence-electron chi connectivity index (χ3n) is 11.3. The fourth-order valence-electron chi connectivity index (χ4n) is 9.18. The summed E-state index contributed by atoms with van der Waals surface area (Å²) in [6, 6.07) is 14.4. The normalized spacial score (nSPS) is 30.8. The van der Waals surface area contributed by atoms with Crippen molar-refractivity contribution in [2.45, 2.75) is 69.3 Å².